The predicted octanol–water partition coefficient (Wildman–Crippen LogP) is 7.44. The van der Waals surface area contributed by atoms with E-state index in [9.17, 15) is 0 Å². The highest BCUT2D eigenvalue weighted by Crippen LogP contribution is 2.39. The van der Waals surface area contributed by atoms with Crippen LogP contribution in [-0.2, 0) is 0 Å². The van der Waals surface area contributed by atoms with E-state index in [1.54, 1.807) is 0 Å². The van der Waals surface area contributed by atoms with E-state index in [4.69, 9.17) is 9.15 Å². The monoisotopic (exact) mass is 480 g/mol. The van der Waals surface area contributed by atoms with Crippen molar-refractivity contribution in [2.45, 2.75) is 45.6 Å². The zero-order valence-corrected chi connectivity index (χ0v) is 18.1. The van der Waals surface area contributed by atoms with Crippen LogP contribution >= 0.6 is 31.9 Å². The van der Waals surface area contributed by atoms with E-state index < -0.39 is 0 Å². The van der Waals surface area contributed by atoms with Gasteiger partial charge in [0, 0.05) is 4.47 Å². The zero-order chi connectivity index (χ0) is 18.5. The molecule has 0 radical (unpaired) electrons. The molecular formula is C20H22Br2N2O2. The number of benzene rings is 2. The zero-order valence-electron chi connectivity index (χ0n) is 14.9. The van der Waals surface area contributed by atoms with Gasteiger partial charge in [0.2, 0.25) is 0 Å². The molecular weight excluding hydrogens is 460 g/mol. The molecule has 0 aliphatic heterocycles. The third-order valence-corrected chi connectivity index (χ3v) is 5.10. The van der Waals surface area contributed by atoms with Gasteiger partial charge in [-0.25, -0.2) is 0 Å². The number of para-hydroxylation sites is 2. The number of oxazole rings is 1. The van der Waals surface area contributed by atoms with Gasteiger partial charge in [0.25, 0.3) is 6.01 Å². The van der Waals surface area contributed by atoms with Crippen molar-refractivity contribution in [1.82, 2.24) is 4.98 Å². The van der Waals surface area contributed by atoms with Crippen molar-refractivity contribution in [3.05, 3.63) is 45.3 Å². The Morgan fingerprint density at radius 2 is 1.85 bits per heavy atom. The fraction of sp³-hybridized carbons (Fsp3) is 0.350. The second-order valence-corrected chi connectivity index (χ2v) is 7.96. The lowest BCUT2D eigenvalue weighted by molar-refractivity contribution is 0.178. The fourth-order valence-corrected chi connectivity index (χ4v) is 4.21. The molecule has 6 heteroatoms. The van der Waals surface area contributed by atoms with Gasteiger partial charge in [0.05, 0.1) is 16.3 Å². The maximum Gasteiger partial charge on any atom is 0.300 e. The summed E-state index contributed by atoms with van der Waals surface area (Å²) in [5.74, 6) is 0.780. The number of nitrogens with one attached hydrogen (secondary N) is 1. The minimum Gasteiger partial charge on any atom is -0.487 e. The SMILES string of the molecule is CCCC(CCC)Oc1c(Br)cc(Br)cc1Nc1nc2ccccc2o1. The molecule has 4 nitrogen and oxygen atoms in total. The predicted molar refractivity (Wildman–Crippen MR) is 113 cm³/mol. The maximum absolute atomic E-state index is 6.36. The number of hydrogen-bond donors (Lipinski definition) is 1. The normalized spacial score (nSPS) is 11.3. The number of nitrogens with zero attached hydrogens (tertiary/aromatic N) is 1. The average molecular weight is 482 g/mol. The first-order chi connectivity index (χ1) is 12.6. The largest absolute Gasteiger partial charge is 0.487 e. The molecule has 138 valence electrons. The minimum atomic E-state index is 0.187. The smallest absolute Gasteiger partial charge is 0.300 e. The van der Waals surface area contributed by atoms with E-state index in [-0.39, 0.29) is 6.10 Å². The first kappa shape index (κ1) is 19.2. The molecule has 0 fully saturated rings. The number of ether oxygens (including phenoxy) is 1. The Morgan fingerprint density at radius 1 is 1.12 bits per heavy atom. The Balaban J connectivity index is 1.92. The van der Waals surface area contributed by atoms with Crippen LogP contribution in [0.5, 0.6) is 5.75 Å². The van der Waals surface area contributed by atoms with Crippen LogP contribution in [0.15, 0.2) is 49.8 Å². The molecule has 3 aromatic rings. The van der Waals surface area contributed by atoms with E-state index in [0.717, 1.165) is 57.2 Å². The van der Waals surface area contributed by atoms with Gasteiger partial charge < -0.3 is 14.5 Å². The van der Waals surface area contributed by atoms with E-state index >= 15 is 0 Å². The van der Waals surface area contributed by atoms with Crippen molar-refractivity contribution < 1.29 is 9.15 Å². The van der Waals surface area contributed by atoms with Crippen molar-refractivity contribution in [2.75, 3.05) is 5.32 Å². The Bertz CT molecular complexity index is 840. The van der Waals surface area contributed by atoms with Crippen molar-refractivity contribution in [3.63, 3.8) is 0 Å². The molecule has 1 aromatic heterocycles. The van der Waals surface area contributed by atoms with Crippen molar-refractivity contribution in [2.24, 2.45) is 0 Å². The first-order valence-electron chi connectivity index (χ1n) is 8.89. The highest BCUT2D eigenvalue weighted by Gasteiger charge is 2.17. The van der Waals surface area contributed by atoms with E-state index in [2.05, 4.69) is 56.0 Å². The van der Waals surface area contributed by atoms with Gasteiger partial charge in [-0.2, -0.15) is 4.98 Å². The van der Waals surface area contributed by atoms with Crippen molar-refractivity contribution in [1.29, 1.82) is 0 Å². The molecule has 0 bridgehead atoms. The molecule has 0 unspecified atom stereocenters. The van der Waals surface area contributed by atoms with Crippen LogP contribution < -0.4 is 10.1 Å². The van der Waals surface area contributed by atoms with E-state index in [1.807, 2.05) is 36.4 Å². The summed E-state index contributed by atoms with van der Waals surface area (Å²) in [5, 5.41) is 3.27. The highest BCUT2D eigenvalue weighted by atomic mass is 79.9. The summed E-state index contributed by atoms with van der Waals surface area (Å²) in [5.41, 5.74) is 2.39. The molecule has 1 N–H and O–H groups in total. The summed E-state index contributed by atoms with van der Waals surface area (Å²) in [6.45, 7) is 4.36. The lowest BCUT2D eigenvalue weighted by Gasteiger charge is -2.21. The molecule has 0 aliphatic carbocycles. The summed E-state index contributed by atoms with van der Waals surface area (Å²) in [7, 11) is 0. The fourth-order valence-electron chi connectivity index (χ4n) is 2.89. The Hall–Kier alpha value is -1.53. The molecule has 1 heterocycles. The van der Waals surface area contributed by atoms with Gasteiger partial charge in [0.1, 0.15) is 5.52 Å². The number of rotatable bonds is 8. The molecule has 0 saturated heterocycles. The number of hydrogen-bond acceptors (Lipinski definition) is 4. The third-order valence-electron chi connectivity index (χ3n) is 4.05. The second kappa shape index (κ2) is 8.91. The Labute approximate surface area is 170 Å². The molecule has 0 aliphatic rings. The molecule has 0 amide bonds. The highest BCUT2D eigenvalue weighted by molar-refractivity contribution is 9.11. The summed E-state index contributed by atoms with van der Waals surface area (Å²) in [4.78, 5) is 4.50. The van der Waals surface area contributed by atoms with Crippen LogP contribution in [0.1, 0.15) is 39.5 Å². The van der Waals surface area contributed by atoms with Gasteiger partial charge in [-0.1, -0.05) is 54.8 Å². The van der Waals surface area contributed by atoms with E-state index in [0.29, 0.717) is 6.01 Å². The molecule has 2 aromatic carbocycles. The summed E-state index contributed by atoms with van der Waals surface area (Å²) >= 11 is 7.18. The molecule has 3 rings (SSSR count). The lowest BCUT2D eigenvalue weighted by atomic mass is 10.1. The minimum absolute atomic E-state index is 0.187. The molecule has 0 saturated carbocycles. The van der Waals surface area contributed by atoms with E-state index in [1.165, 1.54) is 0 Å². The van der Waals surface area contributed by atoms with Crippen LogP contribution in [0.4, 0.5) is 11.7 Å². The standard InChI is InChI=1S/C20H22Br2N2O2/c1-3-7-14(8-4-2)25-19-15(22)11-13(21)12-17(19)24-20-23-16-9-5-6-10-18(16)26-20/h5-6,9-12,14H,3-4,7-8H2,1-2H3,(H,23,24). The number of aromatic nitrogens is 1. The topological polar surface area (TPSA) is 47.3 Å². The van der Waals surface area contributed by atoms with Crippen LogP contribution in [0.25, 0.3) is 11.1 Å². The van der Waals surface area contributed by atoms with Gasteiger partial charge in [-0.05, 0) is 53.0 Å². The Kier molecular flexibility index (Phi) is 6.59. The number of fused-ring (bicyclic) bond motifs is 1. The van der Waals surface area contributed by atoms with Gasteiger partial charge in [0.15, 0.2) is 11.3 Å². The summed E-state index contributed by atoms with van der Waals surface area (Å²) < 4.78 is 14.0. The Morgan fingerprint density at radius 3 is 2.54 bits per heavy atom. The van der Waals surface area contributed by atoms with Gasteiger partial charge in [-0.15, -0.1) is 0 Å². The molecule has 26 heavy (non-hydrogen) atoms. The molecule has 0 spiro atoms. The lowest BCUT2D eigenvalue weighted by Crippen LogP contribution is -2.17. The average Bonchev–Trinajstić information content (AvgIpc) is 3.00. The van der Waals surface area contributed by atoms with Crippen LogP contribution in [0.2, 0.25) is 0 Å². The summed E-state index contributed by atoms with van der Waals surface area (Å²) in [6, 6.07) is 12.1. The van der Waals surface area contributed by atoms with Gasteiger partial charge in [-0.3, -0.25) is 0 Å². The van der Waals surface area contributed by atoms with Crippen molar-refractivity contribution >= 4 is 54.7 Å². The summed E-state index contributed by atoms with van der Waals surface area (Å²) in [6.07, 6.45) is 4.42. The quantitative estimate of drug-likeness (QED) is 0.363. The number of anilines is 2. The first-order valence-corrected chi connectivity index (χ1v) is 10.5. The maximum atomic E-state index is 6.36. The number of halogens is 2. The van der Waals surface area contributed by atoms with Crippen LogP contribution in [0.3, 0.4) is 0 Å². The van der Waals surface area contributed by atoms with Crippen LogP contribution in [0, 0.1) is 0 Å². The van der Waals surface area contributed by atoms with Crippen LogP contribution in [-0.4, -0.2) is 11.1 Å². The third kappa shape index (κ3) is 4.60. The van der Waals surface area contributed by atoms with Crippen molar-refractivity contribution in [3.8, 4) is 5.75 Å². The second-order valence-electron chi connectivity index (χ2n) is 6.19. The molecule has 0 atom stereocenters. The van der Waals surface area contributed by atoms with Gasteiger partial charge >= 0.3 is 0 Å².